The molecule has 0 heterocycles. The summed E-state index contributed by atoms with van der Waals surface area (Å²) in [5.41, 5.74) is 0.755. The van der Waals surface area contributed by atoms with Crippen LogP contribution in [-0.4, -0.2) is 5.11 Å². The summed E-state index contributed by atoms with van der Waals surface area (Å²) in [7, 11) is 0. The van der Waals surface area contributed by atoms with Crippen LogP contribution in [0.3, 0.4) is 0 Å². The molecule has 0 atom stereocenters. The third kappa shape index (κ3) is 2.58. The summed E-state index contributed by atoms with van der Waals surface area (Å²) in [6, 6.07) is 6.16. The highest BCUT2D eigenvalue weighted by Crippen LogP contribution is 2.09. The van der Waals surface area contributed by atoms with E-state index < -0.39 is 5.82 Å². The van der Waals surface area contributed by atoms with Gasteiger partial charge in [0.05, 0.1) is 24.7 Å². The minimum absolute atomic E-state index is 0.0845. The molecule has 3 heteroatoms. The predicted octanol–water partition coefficient (Wildman–Crippen LogP) is 1.58. The van der Waals surface area contributed by atoms with Crippen molar-refractivity contribution in [3.05, 3.63) is 35.1 Å². The summed E-state index contributed by atoms with van der Waals surface area (Å²) < 4.78 is 13.2. The molecule has 0 spiro atoms. The Morgan fingerprint density at radius 2 is 2.21 bits per heavy atom. The van der Waals surface area contributed by atoms with Crippen molar-refractivity contribution in [3.63, 3.8) is 0 Å². The molecule has 0 saturated heterocycles. The second-order valence-corrected chi connectivity index (χ2v) is 2.61. The zero-order valence-electron chi connectivity index (χ0n) is 7.42. The van der Waals surface area contributed by atoms with Gasteiger partial charge in [-0.05, 0) is 17.7 Å². The summed E-state index contributed by atoms with van der Waals surface area (Å²) in [6.07, 6.45) is 0.0845. The van der Waals surface area contributed by atoms with Crippen LogP contribution in [0.5, 0.6) is 0 Å². The SMILES string of the molecule is N#CCC#Cc1ccc(CO)cc1F. The highest BCUT2D eigenvalue weighted by Gasteiger charge is 1.99. The van der Waals surface area contributed by atoms with Gasteiger partial charge in [0.2, 0.25) is 0 Å². The van der Waals surface area contributed by atoms with Crippen molar-refractivity contribution in [3.8, 4) is 17.9 Å². The minimum Gasteiger partial charge on any atom is -0.392 e. The number of hydrogen-bond donors (Lipinski definition) is 1. The maximum absolute atomic E-state index is 13.2. The summed E-state index contributed by atoms with van der Waals surface area (Å²) >= 11 is 0. The van der Waals surface area contributed by atoms with E-state index in [0.29, 0.717) is 5.56 Å². The molecule has 70 valence electrons. The molecule has 0 aliphatic heterocycles. The van der Waals surface area contributed by atoms with Gasteiger partial charge >= 0.3 is 0 Å². The average molecular weight is 189 g/mol. The van der Waals surface area contributed by atoms with Gasteiger partial charge in [0.1, 0.15) is 5.82 Å². The number of rotatable bonds is 1. The Hall–Kier alpha value is -1.84. The number of aliphatic hydroxyl groups excluding tert-OH is 1. The van der Waals surface area contributed by atoms with E-state index in [2.05, 4.69) is 11.8 Å². The van der Waals surface area contributed by atoms with Gasteiger partial charge in [-0.1, -0.05) is 17.9 Å². The lowest BCUT2D eigenvalue weighted by Crippen LogP contribution is -1.88. The van der Waals surface area contributed by atoms with Crippen molar-refractivity contribution < 1.29 is 9.50 Å². The average Bonchev–Trinajstić information content (AvgIpc) is 2.20. The van der Waals surface area contributed by atoms with Crippen LogP contribution in [0.25, 0.3) is 0 Å². The van der Waals surface area contributed by atoms with Gasteiger partial charge in [-0.3, -0.25) is 0 Å². The molecular weight excluding hydrogens is 181 g/mol. The van der Waals surface area contributed by atoms with Crippen LogP contribution < -0.4 is 0 Å². The van der Waals surface area contributed by atoms with Crippen LogP contribution in [0.2, 0.25) is 0 Å². The third-order valence-corrected chi connectivity index (χ3v) is 1.61. The summed E-state index contributed by atoms with van der Waals surface area (Å²) in [4.78, 5) is 0. The number of nitrogens with zero attached hydrogens (tertiary/aromatic N) is 1. The second-order valence-electron chi connectivity index (χ2n) is 2.61. The van der Waals surface area contributed by atoms with Gasteiger partial charge in [0.15, 0.2) is 0 Å². The normalized spacial score (nSPS) is 8.64. The lowest BCUT2D eigenvalue weighted by molar-refractivity contribution is 0.281. The fourth-order valence-corrected chi connectivity index (χ4v) is 0.937. The molecule has 0 bridgehead atoms. The first-order chi connectivity index (χ1) is 6.77. The summed E-state index contributed by atoms with van der Waals surface area (Å²) in [5.74, 6) is 4.58. The van der Waals surface area contributed by atoms with E-state index in [-0.39, 0.29) is 18.6 Å². The van der Waals surface area contributed by atoms with Crippen LogP contribution in [0, 0.1) is 29.0 Å². The monoisotopic (exact) mass is 189 g/mol. The number of hydrogen-bond acceptors (Lipinski definition) is 2. The van der Waals surface area contributed by atoms with Crippen molar-refractivity contribution in [1.29, 1.82) is 5.26 Å². The molecule has 0 aliphatic carbocycles. The fourth-order valence-electron chi connectivity index (χ4n) is 0.937. The zero-order chi connectivity index (χ0) is 10.4. The minimum atomic E-state index is -0.470. The Morgan fingerprint density at radius 3 is 2.79 bits per heavy atom. The smallest absolute Gasteiger partial charge is 0.139 e. The molecule has 1 rings (SSSR count). The molecule has 0 amide bonds. The van der Waals surface area contributed by atoms with E-state index in [9.17, 15) is 4.39 Å². The van der Waals surface area contributed by atoms with Crippen LogP contribution >= 0.6 is 0 Å². The first-order valence-electron chi connectivity index (χ1n) is 4.03. The van der Waals surface area contributed by atoms with Gasteiger partial charge in [0.25, 0.3) is 0 Å². The largest absolute Gasteiger partial charge is 0.392 e. The number of benzene rings is 1. The molecule has 2 nitrogen and oxygen atoms in total. The number of halogens is 1. The van der Waals surface area contributed by atoms with Crippen molar-refractivity contribution in [2.75, 3.05) is 0 Å². The molecule has 1 aromatic rings. The van der Waals surface area contributed by atoms with E-state index in [1.165, 1.54) is 12.1 Å². The Balaban J connectivity index is 2.92. The molecule has 0 aliphatic rings. The van der Waals surface area contributed by atoms with Crippen molar-refractivity contribution in [2.45, 2.75) is 13.0 Å². The van der Waals surface area contributed by atoms with E-state index in [0.717, 1.165) is 0 Å². The standard InChI is InChI=1S/C11H8FNO/c12-11-7-9(8-14)4-5-10(11)3-1-2-6-13/h4-5,7,14H,2,8H2. The van der Waals surface area contributed by atoms with Crippen LogP contribution in [0.15, 0.2) is 18.2 Å². The maximum atomic E-state index is 13.2. The van der Waals surface area contributed by atoms with Gasteiger partial charge < -0.3 is 5.11 Å². The summed E-state index contributed by atoms with van der Waals surface area (Å²) in [6.45, 7) is -0.192. The Kier molecular flexibility index (Phi) is 3.67. The van der Waals surface area contributed by atoms with Crippen molar-refractivity contribution in [1.82, 2.24) is 0 Å². The molecule has 0 saturated carbocycles. The molecule has 1 aromatic carbocycles. The molecule has 0 radical (unpaired) electrons. The van der Waals surface area contributed by atoms with Gasteiger partial charge in [0, 0.05) is 0 Å². The molecule has 1 N–H and O–H groups in total. The Labute approximate surface area is 81.6 Å². The fraction of sp³-hybridized carbons (Fsp3) is 0.182. The Morgan fingerprint density at radius 1 is 1.43 bits per heavy atom. The quantitative estimate of drug-likeness (QED) is 0.681. The van der Waals surface area contributed by atoms with E-state index >= 15 is 0 Å². The lowest BCUT2D eigenvalue weighted by atomic mass is 10.1. The first-order valence-corrected chi connectivity index (χ1v) is 4.03. The first kappa shape index (κ1) is 10.2. The van der Waals surface area contributed by atoms with Gasteiger partial charge in [-0.2, -0.15) is 5.26 Å². The highest BCUT2D eigenvalue weighted by molar-refractivity contribution is 5.37. The maximum Gasteiger partial charge on any atom is 0.139 e. The topological polar surface area (TPSA) is 44.0 Å². The van der Waals surface area contributed by atoms with Crippen molar-refractivity contribution >= 4 is 0 Å². The van der Waals surface area contributed by atoms with Crippen LogP contribution in [0.1, 0.15) is 17.5 Å². The molecule has 14 heavy (non-hydrogen) atoms. The lowest BCUT2D eigenvalue weighted by Gasteiger charge is -1.97. The molecule has 0 aromatic heterocycles. The molecule has 0 fully saturated rings. The Bertz CT molecular complexity index is 423. The van der Waals surface area contributed by atoms with Crippen molar-refractivity contribution in [2.24, 2.45) is 0 Å². The van der Waals surface area contributed by atoms with E-state index in [1.54, 1.807) is 6.07 Å². The summed E-state index contributed by atoms with van der Waals surface area (Å²) in [5, 5.41) is 16.9. The van der Waals surface area contributed by atoms with Gasteiger partial charge in [-0.15, -0.1) is 0 Å². The zero-order valence-corrected chi connectivity index (χ0v) is 7.42. The number of aliphatic hydroxyl groups is 1. The van der Waals surface area contributed by atoms with Crippen LogP contribution in [0.4, 0.5) is 4.39 Å². The predicted molar refractivity (Wildman–Crippen MR) is 49.4 cm³/mol. The third-order valence-electron chi connectivity index (χ3n) is 1.61. The van der Waals surface area contributed by atoms with Crippen LogP contribution in [-0.2, 0) is 6.61 Å². The second kappa shape index (κ2) is 5.01. The van der Waals surface area contributed by atoms with E-state index in [1.807, 2.05) is 6.07 Å². The number of nitriles is 1. The highest BCUT2D eigenvalue weighted by atomic mass is 19.1. The van der Waals surface area contributed by atoms with Gasteiger partial charge in [-0.25, -0.2) is 4.39 Å². The van der Waals surface area contributed by atoms with E-state index in [4.69, 9.17) is 10.4 Å². The molecule has 0 unspecified atom stereocenters. The molecular formula is C11H8FNO.